The van der Waals surface area contributed by atoms with E-state index in [0.717, 1.165) is 42.7 Å². The summed E-state index contributed by atoms with van der Waals surface area (Å²) in [4.78, 5) is 19.0. The summed E-state index contributed by atoms with van der Waals surface area (Å²) in [5.74, 6) is -1.88. The standard InChI is InChI=1S/C24H22F2N2O2/c25-19-9-11-23(20(26)14-19)30-16-24(29)28-12-4-7-22(28)21-10-8-18(15-27-21)13-17-5-2-1-3-6-17/h1-3,5-6,8-11,14-15,22H,4,7,12-13,16H2/t22-/m1/s1. The molecular weight excluding hydrogens is 386 g/mol. The molecule has 2 aromatic carbocycles. The quantitative estimate of drug-likeness (QED) is 0.594. The highest BCUT2D eigenvalue weighted by molar-refractivity contribution is 5.78. The molecular formula is C24H22F2N2O2. The van der Waals surface area contributed by atoms with Crippen LogP contribution in [0.4, 0.5) is 8.78 Å². The Bertz CT molecular complexity index is 1010. The molecule has 2 heterocycles. The molecule has 0 unspecified atom stereocenters. The molecule has 154 valence electrons. The van der Waals surface area contributed by atoms with Crippen molar-refractivity contribution in [3.63, 3.8) is 0 Å². The van der Waals surface area contributed by atoms with Gasteiger partial charge in [-0.05, 0) is 48.6 Å². The number of amides is 1. The first kappa shape index (κ1) is 20.0. The predicted octanol–water partition coefficient (Wildman–Crippen LogP) is 4.69. The molecule has 1 aliphatic heterocycles. The Labute approximate surface area is 174 Å². The second-order valence-electron chi connectivity index (χ2n) is 7.36. The first-order valence-corrected chi connectivity index (χ1v) is 9.96. The Morgan fingerprint density at radius 1 is 1.07 bits per heavy atom. The van der Waals surface area contributed by atoms with Crippen LogP contribution in [0.3, 0.4) is 0 Å². The molecule has 0 bridgehead atoms. The maximum absolute atomic E-state index is 13.7. The Morgan fingerprint density at radius 3 is 2.63 bits per heavy atom. The summed E-state index contributed by atoms with van der Waals surface area (Å²) >= 11 is 0. The van der Waals surface area contributed by atoms with Gasteiger partial charge in [0.15, 0.2) is 18.2 Å². The number of carbonyl (C=O) groups excluding carboxylic acids is 1. The fourth-order valence-electron chi connectivity index (χ4n) is 3.76. The van der Waals surface area contributed by atoms with Crippen molar-refractivity contribution >= 4 is 5.91 Å². The number of likely N-dealkylation sites (tertiary alicyclic amines) is 1. The van der Waals surface area contributed by atoms with Crippen molar-refractivity contribution in [3.05, 3.63) is 95.3 Å². The number of nitrogens with zero attached hydrogens (tertiary/aromatic N) is 2. The average Bonchev–Trinajstić information content (AvgIpc) is 3.24. The number of pyridine rings is 1. The molecule has 4 nitrogen and oxygen atoms in total. The van der Waals surface area contributed by atoms with E-state index in [9.17, 15) is 13.6 Å². The van der Waals surface area contributed by atoms with Gasteiger partial charge in [0.05, 0.1) is 11.7 Å². The lowest BCUT2D eigenvalue weighted by atomic mass is 10.0. The van der Waals surface area contributed by atoms with Gasteiger partial charge < -0.3 is 9.64 Å². The monoisotopic (exact) mass is 408 g/mol. The van der Waals surface area contributed by atoms with Crippen LogP contribution in [-0.4, -0.2) is 28.9 Å². The van der Waals surface area contributed by atoms with E-state index in [-0.39, 0.29) is 24.3 Å². The summed E-state index contributed by atoms with van der Waals surface area (Å²) in [6.07, 6.45) is 4.35. The fraction of sp³-hybridized carbons (Fsp3) is 0.250. The Balaban J connectivity index is 1.39. The number of rotatable bonds is 6. The Hall–Kier alpha value is -3.28. The summed E-state index contributed by atoms with van der Waals surface area (Å²) in [7, 11) is 0. The predicted molar refractivity (Wildman–Crippen MR) is 109 cm³/mol. The molecule has 1 amide bonds. The first-order valence-electron chi connectivity index (χ1n) is 9.96. The number of aromatic nitrogens is 1. The van der Waals surface area contributed by atoms with Crippen molar-refractivity contribution in [3.8, 4) is 5.75 Å². The number of hydrogen-bond donors (Lipinski definition) is 0. The minimum Gasteiger partial charge on any atom is -0.481 e. The molecule has 1 atom stereocenters. The van der Waals surface area contributed by atoms with Crippen LogP contribution in [0.5, 0.6) is 5.75 Å². The second kappa shape index (κ2) is 9.03. The highest BCUT2D eigenvalue weighted by Crippen LogP contribution is 2.31. The number of benzene rings is 2. The molecule has 3 aromatic rings. The lowest BCUT2D eigenvalue weighted by Gasteiger charge is -2.24. The van der Waals surface area contributed by atoms with Crippen LogP contribution in [-0.2, 0) is 11.2 Å². The lowest BCUT2D eigenvalue weighted by molar-refractivity contribution is -0.134. The average molecular weight is 408 g/mol. The maximum atomic E-state index is 13.7. The van der Waals surface area contributed by atoms with E-state index in [0.29, 0.717) is 6.54 Å². The van der Waals surface area contributed by atoms with Crippen LogP contribution in [0.2, 0.25) is 0 Å². The third kappa shape index (κ3) is 4.64. The van der Waals surface area contributed by atoms with Gasteiger partial charge in [0.25, 0.3) is 5.91 Å². The molecule has 30 heavy (non-hydrogen) atoms. The van der Waals surface area contributed by atoms with E-state index < -0.39 is 11.6 Å². The zero-order chi connectivity index (χ0) is 20.9. The lowest BCUT2D eigenvalue weighted by Crippen LogP contribution is -2.34. The summed E-state index contributed by atoms with van der Waals surface area (Å²) < 4.78 is 32.0. The highest BCUT2D eigenvalue weighted by Gasteiger charge is 2.31. The molecule has 0 N–H and O–H groups in total. The SMILES string of the molecule is O=C(COc1ccc(F)cc1F)N1CCC[C@@H]1c1ccc(Cc2ccccc2)cn1. The minimum absolute atomic E-state index is 0.120. The summed E-state index contributed by atoms with van der Waals surface area (Å²) in [5.41, 5.74) is 3.16. The number of carbonyl (C=O) groups is 1. The van der Waals surface area contributed by atoms with E-state index >= 15 is 0 Å². The summed E-state index contributed by atoms with van der Waals surface area (Å²) in [5, 5.41) is 0. The van der Waals surface area contributed by atoms with Gasteiger partial charge >= 0.3 is 0 Å². The molecule has 0 saturated carbocycles. The van der Waals surface area contributed by atoms with Gasteiger partial charge in [0.2, 0.25) is 0 Å². The van der Waals surface area contributed by atoms with Crippen LogP contribution >= 0.6 is 0 Å². The molecule has 0 radical (unpaired) electrons. The van der Waals surface area contributed by atoms with Gasteiger partial charge in [-0.15, -0.1) is 0 Å². The van der Waals surface area contributed by atoms with Crippen LogP contribution in [0.25, 0.3) is 0 Å². The van der Waals surface area contributed by atoms with Crippen LogP contribution < -0.4 is 4.74 Å². The molecule has 1 aliphatic rings. The van der Waals surface area contributed by atoms with Gasteiger partial charge in [-0.2, -0.15) is 0 Å². The summed E-state index contributed by atoms with van der Waals surface area (Å²) in [6, 6.07) is 17.1. The van der Waals surface area contributed by atoms with Crippen LogP contribution in [0.15, 0.2) is 66.9 Å². The summed E-state index contributed by atoms with van der Waals surface area (Å²) in [6.45, 7) is 0.303. The first-order chi connectivity index (χ1) is 14.6. The molecule has 0 aliphatic carbocycles. The number of ether oxygens (including phenoxy) is 1. The maximum Gasteiger partial charge on any atom is 0.261 e. The third-order valence-electron chi connectivity index (χ3n) is 5.26. The van der Waals surface area contributed by atoms with Crippen molar-refractivity contribution in [1.29, 1.82) is 0 Å². The van der Waals surface area contributed by atoms with E-state index in [4.69, 9.17) is 4.74 Å². The fourth-order valence-corrected chi connectivity index (χ4v) is 3.76. The zero-order valence-corrected chi connectivity index (χ0v) is 16.4. The minimum atomic E-state index is -0.823. The van der Waals surface area contributed by atoms with Gasteiger partial charge in [-0.3, -0.25) is 9.78 Å². The van der Waals surface area contributed by atoms with E-state index in [1.807, 2.05) is 36.5 Å². The van der Waals surface area contributed by atoms with E-state index in [1.165, 1.54) is 11.6 Å². The van der Waals surface area contributed by atoms with Crippen molar-refractivity contribution in [2.75, 3.05) is 13.2 Å². The zero-order valence-electron chi connectivity index (χ0n) is 16.4. The smallest absolute Gasteiger partial charge is 0.261 e. The Kier molecular flexibility index (Phi) is 6.02. The van der Waals surface area contributed by atoms with Crippen LogP contribution in [0, 0.1) is 11.6 Å². The largest absolute Gasteiger partial charge is 0.481 e. The molecule has 0 spiro atoms. The number of halogens is 2. The highest BCUT2D eigenvalue weighted by atomic mass is 19.1. The van der Waals surface area contributed by atoms with E-state index in [1.54, 1.807) is 4.90 Å². The van der Waals surface area contributed by atoms with E-state index in [2.05, 4.69) is 17.1 Å². The van der Waals surface area contributed by atoms with Crippen molar-refractivity contribution < 1.29 is 18.3 Å². The topological polar surface area (TPSA) is 42.4 Å². The van der Waals surface area contributed by atoms with Gasteiger partial charge in [-0.25, -0.2) is 8.78 Å². The molecule has 1 aromatic heterocycles. The molecule has 6 heteroatoms. The van der Waals surface area contributed by atoms with Gasteiger partial charge in [0, 0.05) is 18.8 Å². The second-order valence-corrected chi connectivity index (χ2v) is 7.36. The third-order valence-corrected chi connectivity index (χ3v) is 5.26. The normalized spacial score (nSPS) is 15.9. The molecule has 1 saturated heterocycles. The van der Waals surface area contributed by atoms with Crippen molar-refractivity contribution in [1.82, 2.24) is 9.88 Å². The Morgan fingerprint density at radius 2 is 1.90 bits per heavy atom. The van der Waals surface area contributed by atoms with Crippen molar-refractivity contribution in [2.45, 2.75) is 25.3 Å². The molecule has 1 fully saturated rings. The molecule has 4 rings (SSSR count). The van der Waals surface area contributed by atoms with Crippen molar-refractivity contribution in [2.24, 2.45) is 0 Å². The number of hydrogen-bond acceptors (Lipinski definition) is 3. The van der Waals surface area contributed by atoms with Crippen LogP contribution in [0.1, 0.15) is 35.7 Å². The van der Waals surface area contributed by atoms with Gasteiger partial charge in [0.1, 0.15) is 5.82 Å². The van der Waals surface area contributed by atoms with Gasteiger partial charge in [-0.1, -0.05) is 36.4 Å².